The monoisotopic (exact) mass is 332 g/mol. The molecule has 0 spiro atoms. The molecule has 1 aliphatic heterocycles. The van der Waals surface area contributed by atoms with Crippen LogP contribution in [0.4, 0.5) is 14.6 Å². The maximum atomic E-state index is 13.8. The largest absolute Gasteiger partial charge is 0.352 e. The van der Waals surface area contributed by atoms with E-state index in [1.54, 1.807) is 6.20 Å². The standard InChI is InChI=1S/C17H18F2N4O/c1-11-10-20-12(2)16(21-11)22-6-8-23(9-7-22)17(24)15-13(18)4-3-5-14(15)19/h3-5,10H,6-9H2,1-2H3. The number of rotatable bonds is 2. The van der Waals surface area contributed by atoms with E-state index in [0.29, 0.717) is 26.2 Å². The number of aryl methyl sites for hydroxylation is 2. The fourth-order valence-corrected chi connectivity index (χ4v) is 2.81. The van der Waals surface area contributed by atoms with Crippen molar-refractivity contribution in [3.8, 4) is 0 Å². The molecular formula is C17H18F2N4O. The van der Waals surface area contributed by atoms with Gasteiger partial charge >= 0.3 is 0 Å². The van der Waals surface area contributed by atoms with E-state index in [0.717, 1.165) is 29.3 Å². The first-order valence-electron chi connectivity index (χ1n) is 7.76. The molecule has 0 aliphatic carbocycles. The number of nitrogens with zero attached hydrogens (tertiary/aromatic N) is 4. The fourth-order valence-electron chi connectivity index (χ4n) is 2.81. The van der Waals surface area contributed by atoms with Gasteiger partial charge in [0.15, 0.2) is 0 Å². The molecule has 0 unspecified atom stereocenters. The smallest absolute Gasteiger partial charge is 0.259 e. The van der Waals surface area contributed by atoms with Gasteiger partial charge in [-0.25, -0.2) is 13.8 Å². The quantitative estimate of drug-likeness (QED) is 0.847. The molecule has 0 radical (unpaired) electrons. The van der Waals surface area contributed by atoms with Crippen LogP contribution in [0.3, 0.4) is 0 Å². The molecule has 1 aliphatic rings. The van der Waals surface area contributed by atoms with Crippen LogP contribution in [0, 0.1) is 25.5 Å². The fraction of sp³-hybridized carbons (Fsp3) is 0.353. The van der Waals surface area contributed by atoms with Gasteiger partial charge in [-0.05, 0) is 26.0 Å². The average molecular weight is 332 g/mol. The molecular weight excluding hydrogens is 314 g/mol. The third-order valence-corrected chi connectivity index (χ3v) is 4.09. The van der Waals surface area contributed by atoms with Crippen LogP contribution < -0.4 is 4.90 Å². The molecule has 2 heterocycles. The summed E-state index contributed by atoms with van der Waals surface area (Å²) in [5, 5.41) is 0. The topological polar surface area (TPSA) is 49.3 Å². The van der Waals surface area contributed by atoms with E-state index in [2.05, 4.69) is 9.97 Å². The van der Waals surface area contributed by atoms with Crippen LogP contribution in [0.25, 0.3) is 0 Å². The summed E-state index contributed by atoms with van der Waals surface area (Å²) in [7, 11) is 0. The summed E-state index contributed by atoms with van der Waals surface area (Å²) < 4.78 is 27.6. The van der Waals surface area contributed by atoms with Crippen LogP contribution in [0.5, 0.6) is 0 Å². The Balaban J connectivity index is 1.73. The van der Waals surface area contributed by atoms with Crippen LogP contribution in [0.1, 0.15) is 21.7 Å². The lowest BCUT2D eigenvalue weighted by Gasteiger charge is -2.36. The van der Waals surface area contributed by atoms with Crippen LogP contribution >= 0.6 is 0 Å². The molecule has 1 aromatic heterocycles. The molecule has 0 saturated carbocycles. The van der Waals surface area contributed by atoms with Crippen molar-refractivity contribution in [2.75, 3.05) is 31.1 Å². The zero-order valence-electron chi connectivity index (χ0n) is 13.6. The summed E-state index contributed by atoms with van der Waals surface area (Å²) in [6.07, 6.45) is 1.71. The lowest BCUT2D eigenvalue weighted by Crippen LogP contribution is -2.49. The number of anilines is 1. The Morgan fingerprint density at radius 1 is 1.08 bits per heavy atom. The van der Waals surface area contributed by atoms with Gasteiger partial charge in [-0.2, -0.15) is 0 Å². The number of carbonyl (C=O) groups is 1. The summed E-state index contributed by atoms with van der Waals surface area (Å²) in [5.41, 5.74) is 1.15. The van der Waals surface area contributed by atoms with Gasteiger partial charge in [-0.15, -0.1) is 0 Å². The molecule has 2 aromatic rings. The SMILES string of the molecule is Cc1cnc(C)c(N2CCN(C(=O)c3c(F)cccc3F)CC2)n1. The summed E-state index contributed by atoms with van der Waals surface area (Å²) >= 11 is 0. The van der Waals surface area contributed by atoms with Gasteiger partial charge in [0.25, 0.3) is 5.91 Å². The molecule has 1 saturated heterocycles. The zero-order valence-corrected chi connectivity index (χ0v) is 13.6. The Labute approximate surface area is 138 Å². The molecule has 0 N–H and O–H groups in total. The minimum atomic E-state index is -0.831. The first kappa shape index (κ1) is 16.3. The molecule has 1 aromatic carbocycles. The Hall–Kier alpha value is -2.57. The van der Waals surface area contributed by atoms with Crippen LogP contribution in [-0.4, -0.2) is 47.0 Å². The van der Waals surface area contributed by atoms with Crippen molar-refractivity contribution in [2.24, 2.45) is 0 Å². The van der Waals surface area contributed by atoms with Crippen LogP contribution in [0.15, 0.2) is 24.4 Å². The van der Waals surface area contributed by atoms with E-state index in [9.17, 15) is 13.6 Å². The second-order valence-electron chi connectivity index (χ2n) is 5.80. The van der Waals surface area contributed by atoms with E-state index in [1.165, 1.54) is 11.0 Å². The number of piperazine rings is 1. The third kappa shape index (κ3) is 3.06. The minimum Gasteiger partial charge on any atom is -0.352 e. The third-order valence-electron chi connectivity index (χ3n) is 4.09. The predicted molar refractivity (Wildman–Crippen MR) is 86.0 cm³/mol. The summed E-state index contributed by atoms with van der Waals surface area (Å²) in [5.74, 6) is -1.48. The second-order valence-corrected chi connectivity index (χ2v) is 5.80. The molecule has 0 bridgehead atoms. The summed E-state index contributed by atoms with van der Waals surface area (Å²) in [6, 6.07) is 3.44. The van der Waals surface area contributed by atoms with E-state index < -0.39 is 23.1 Å². The molecule has 5 nitrogen and oxygen atoms in total. The van der Waals surface area contributed by atoms with Crippen LogP contribution in [0.2, 0.25) is 0 Å². The number of carbonyl (C=O) groups excluding carboxylic acids is 1. The molecule has 0 atom stereocenters. The number of halogens is 2. The molecule has 7 heteroatoms. The first-order valence-corrected chi connectivity index (χ1v) is 7.76. The number of hydrogen-bond acceptors (Lipinski definition) is 4. The summed E-state index contributed by atoms with van der Waals surface area (Å²) in [4.78, 5) is 24.7. The van der Waals surface area contributed by atoms with Crippen molar-refractivity contribution < 1.29 is 13.6 Å². The number of aromatic nitrogens is 2. The van der Waals surface area contributed by atoms with E-state index in [-0.39, 0.29) is 0 Å². The Bertz CT molecular complexity index is 753. The molecule has 3 rings (SSSR count). The van der Waals surface area contributed by atoms with Crippen molar-refractivity contribution in [3.05, 3.63) is 53.0 Å². The van der Waals surface area contributed by atoms with E-state index >= 15 is 0 Å². The highest BCUT2D eigenvalue weighted by atomic mass is 19.1. The highest BCUT2D eigenvalue weighted by Gasteiger charge is 2.27. The van der Waals surface area contributed by atoms with Crippen molar-refractivity contribution in [1.29, 1.82) is 0 Å². The highest BCUT2D eigenvalue weighted by molar-refractivity contribution is 5.95. The first-order chi connectivity index (χ1) is 11.5. The average Bonchev–Trinajstić information content (AvgIpc) is 2.57. The Morgan fingerprint density at radius 2 is 1.71 bits per heavy atom. The highest BCUT2D eigenvalue weighted by Crippen LogP contribution is 2.20. The molecule has 1 amide bonds. The van der Waals surface area contributed by atoms with Gasteiger partial charge in [-0.3, -0.25) is 9.78 Å². The van der Waals surface area contributed by atoms with Gasteiger partial charge in [0, 0.05) is 32.4 Å². The van der Waals surface area contributed by atoms with Gasteiger partial charge in [0.05, 0.1) is 11.4 Å². The van der Waals surface area contributed by atoms with Crippen molar-refractivity contribution in [1.82, 2.24) is 14.9 Å². The maximum Gasteiger partial charge on any atom is 0.259 e. The van der Waals surface area contributed by atoms with Crippen LogP contribution in [-0.2, 0) is 0 Å². The van der Waals surface area contributed by atoms with Gasteiger partial charge in [-0.1, -0.05) is 6.07 Å². The maximum absolute atomic E-state index is 13.8. The molecule has 1 fully saturated rings. The van der Waals surface area contributed by atoms with Gasteiger partial charge < -0.3 is 9.80 Å². The molecule has 126 valence electrons. The van der Waals surface area contributed by atoms with Gasteiger partial charge in [0.1, 0.15) is 23.0 Å². The normalized spacial score (nSPS) is 14.8. The number of hydrogen-bond donors (Lipinski definition) is 0. The van der Waals surface area contributed by atoms with E-state index in [4.69, 9.17) is 0 Å². The second kappa shape index (κ2) is 6.51. The number of benzene rings is 1. The Kier molecular flexibility index (Phi) is 4.42. The Morgan fingerprint density at radius 3 is 2.33 bits per heavy atom. The zero-order chi connectivity index (χ0) is 17.3. The van der Waals surface area contributed by atoms with E-state index in [1.807, 2.05) is 18.7 Å². The van der Waals surface area contributed by atoms with Crippen molar-refractivity contribution >= 4 is 11.7 Å². The van der Waals surface area contributed by atoms with Gasteiger partial charge in [0.2, 0.25) is 0 Å². The lowest BCUT2D eigenvalue weighted by atomic mass is 10.1. The minimum absolute atomic E-state index is 0.377. The lowest BCUT2D eigenvalue weighted by molar-refractivity contribution is 0.0736. The van der Waals surface area contributed by atoms with Crippen molar-refractivity contribution in [3.63, 3.8) is 0 Å². The summed E-state index contributed by atoms with van der Waals surface area (Å²) in [6.45, 7) is 5.59. The van der Waals surface area contributed by atoms with Crippen molar-refractivity contribution in [2.45, 2.75) is 13.8 Å². The molecule has 24 heavy (non-hydrogen) atoms. The number of amides is 1. The predicted octanol–water partition coefficient (Wildman–Crippen LogP) is 2.33.